The Kier molecular flexibility index (Phi) is 4.46. The van der Waals surface area contributed by atoms with E-state index in [0.29, 0.717) is 13.2 Å². The minimum absolute atomic E-state index is 0.289. The van der Waals surface area contributed by atoms with Crippen molar-refractivity contribution in [2.24, 2.45) is 5.73 Å². The Labute approximate surface area is 96.3 Å². The minimum atomic E-state index is -3.18. The van der Waals surface area contributed by atoms with Gasteiger partial charge in [0.05, 0.1) is 17.5 Å². The molecule has 90 valence electrons. The van der Waals surface area contributed by atoms with Crippen LogP contribution in [0, 0.1) is 0 Å². The van der Waals surface area contributed by atoms with Crippen molar-refractivity contribution in [3.8, 4) is 0 Å². The van der Waals surface area contributed by atoms with Crippen LogP contribution < -0.4 is 5.73 Å². The van der Waals surface area contributed by atoms with Gasteiger partial charge < -0.3 is 10.5 Å². The first-order valence-corrected chi connectivity index (χ1v) is 6.97. The van der Waals surface area contributed by atoms with Crippen LogP contribution in [0.15, 0.2) is 29.2 Å². The fraction of sp³-hybridized carbons (Fsp3) is 0.455. The summed E-state index contributed by atoms with van der Waals surface area (Å²) in [6.45, 7) is 2.88. The quantitative estimate of drug-likeness (QED) is 0.841. The average molecular weight is 243 g/mol. The van der Waals surface area contributed by atoms with Crippen LogP contribution in [-0.4, -0.2) is 27.9 Å². The van der Waals surface area contributed by atoms with Crippen LogP contribution >= 0.6 is 0 Å². The molecule has 0 bridgehead atoms. The lowest BCUT2D eigenvalue weighted by atomic mass is 10.1. The van der Waals surface area contributed by atoms with Gasteiger partial charge >= 0.3 is 0 Å². The van der Waals surface area contributed by atoms with Gasteiger partial charge in [-0.15, -0.1) is 0 Å². The minimum Gasteiger partial charge on any atom is -0.380 e. The largest absolute Gasteiger partial charge is 0.380 e. The Morgan fingerprint density at radius 2 is 2.12 bits per heavy atom. The van der Waals surface area contributed by atoms with Crippen LogP contribution in [0.5, 0.6) is 0 Å². The van der Waals surface area contributed by atoms with E-state index in [-0.39, 0.29) is 10.9 Å². The number of rotatable bonds is 5. The van der Waals surface area contributed by atoms with E-state index in [9.17, 15) is 8.42 Å². The Morgan fingerprint density at radius 3 is 2.69 bits per heavy atom. The summed E-state index contributed by atoms with van der Waals surface area (Å²) in [7, 11) is -3.18. The summed E-state index contributed by atoms with van der Waals surface area (Å²) in [5.74, 6) is 0. The summed E-state index contributed by atoms with van der Waals surface area (Å²) >= 11 is 0. The maximum Gasteiger partial charge on any atom is 0.175 e. The molecule has 0 aliphatic carbocycles. The first-order valence-electron chi connectivity index (χ1n) is 5.08. The Hall–Kier alpha value is -0.910. The molecule has 0 spiro atoms. The smallest absolute Gasteiger partial charge is 0.175 e. The second-order valence-corrected chi connectivity index (χ2v) is 5.63. The van der Waals surface area contributed by atoms with Gasteiger partial charge in [0, 0.05) is 12.9 Å². The molecule has 0 aliphatic rings. The third-order valence-electron chi connectivity index (χ3n) is 2.22. The topological polar surface area (TPSA) is 69.4 Å². The second-order valence-electron chi connectivity index (χ2n) is 3.61. The highest BCUT2D eigenvalue weighted by atomic mass is 32.2. The van der Waals surface area contributed by atoms with Crippen LogP contribution in [-0.2, 0) is 14.6 Å². The number of ether oxygens (including phenoxy) is 1. The van der Waals surface area contributed by atoms with Crippen molar-refractivity contribution in [2.75, 3.05) is 19.5 Å². The van der Waals surface area contributed by atoms with Crippen molar-refractivity contribution >= 4 is 9.84 Å². The standard InChI is InChI=1S/C11H17NO3S/c1-3-15-8-11(12)9-5-4-6-10(7-9)16(2,13)14/h4-7,11H,3,8,12H2,1-2H3. The molecule has 0 saturated heterocycles. The Bertz CT molecular complexity index is 442. The van der Waals surface area contributed by atoms with E-state index in [4.69, 9.17) is 10.5 Å². The number of benzene rings is 1. The van der Waals surface area contributed by atoms with E-state index < -0.39 is 9.84 Å². The van der Waals surface area contributed by atoms with Crippen molar-refractivity contribution < 1.29 is 13.2 Å². The van der Waals surface area contributed by atoms with Crippen LogP contribution in [0.25, 0.3) is 0 Å². The molecular formula is C11H17NO3S. The molecule has 5 heteroatoms. The van der Waals surface area contributed by atoms with Gasteiger partial charge in [0.1, 0.15) is 0 Å². The molecule has 1 rings (SSSR count). The second kappa shape index (κ2) is 5.43. The molecule has 4 nitrogen and oxygen atoms in total. The van der Waals surface area contributed by atoms with E-state index in [0.717, 1.165) is 5.56 Å². The monoisotopic (exact) mass is 243 g/mol. The van der Waals surface area contributed by atoms with Gasteiger partial charge in [0.25, 0.3) is 0 Å². The molecule has 0 saturated carbocycles. The van der Waals surface area contributed by atoms with Gasteiger partial charge in [-0.05, 0) is 24.6 Å². The van der Waals surface area contributed by atoms with Crippen molar-refractivity contribution in [2.45, 2.75) is 17.9 Å². The third-order valence-corrected chi connectivity index (χ3v) is 3.33. The SMILES string of the molecule is CCOCC(N)c1cccc(S(C)(=O)=O)c1. The first-order chi connectivity index (χ1) is 7.45. The van der Waals surface area contributed by atoms with Crippen LogP contribution in [0.3, 0.4) is 0 Å². The summed E-state index contributed by atoms with van der Waals surface area (Å²) in [6, 6.07) is 6.36. The average Bonchev–Trinajstić information content (AvgIpc) is 2.25. The number of hydrogen-bond acceptors (Lipinski definition) is 4. The van der Waals surface area contributed by atoms with Gasteiger partial charge in [-0.3, -0.25) is 0 Å². The first kappa shape index (κ1) is 13.2. The van der Waals surface area contributed by atoms with Gasteiger partial charge in [0.2, 0.25) is 0 Å². The van der Waals surface area contributed by atoms with E-state index in [1.807, 2.05) is 6.92 Å². The van der Waals surface area contributed by atoms with Crippen molar-refractivity contribution in [1.82, 2.24) is 0 Å². The fourth-order valence-corrected chi connectivity index (χ4v) is 1.99. The molecule has 0 amide bonds. The van der Waals surface area contributed by atoms with Crippen molar-refractivity contribution in [1.29, 1.82) is 0 Å². The predicted octanol–water partition coefficient (Wildman–Crippen LogP) is 1.13. The van der Waals surface area contributed by atoms with E-state index in [1.165, 1.54) is 6.26 Å². The molecule has 0 heterocycles. The van der Waals surface area contributed by atoms with Crippen LogP contribution in [0.1, 0.15) is 18.5 Å². The molecule has 1 atom stereocenters. The number of hydrogen-bond donors (Lipinski definition) is 1. The summed E-state index contributed by atoms with van der Waals surface area (Å²) < 4.78 is 27.9. The highest BCUT2D eigenvalue weighted by Gasteiger charge is 2.11. The number of sulfone groups is 1. The lowest BCUT2D eigenvalue weighted by molar-refractivity contribution is 0.133. The fourth-order valence-electron chi connectivity index (χ4n) is 1.32. The van der Waals surface area contributed by atoms with Gasteiger partial charge in [-0.1, -0.05) is 12.1 Å². The maximum absolute atomic E-state index is 11.3. The molecule has 0 fully saturated rings. The molecule has 0 radical (unpaired) electrons. The van der Waals surface area contributed by atoms with Crippen LogP contribution in [0.2, 0.25) is 0 Å². The number of nitrogens with two attached hydrogens (primary N) is 1. The summed E-state index contributed by atoms with van der Waals surface area (Å²) in [5.41, 5.74) is 6.65. The van der Waals surface area contributed by atoms with E-state index >= 15 is 0 Å². The lowest BCUT2D eigenvalue weighted by Crippen LogP contribution is -2.17. The van der Waals surface area contributed by atoms with Gasteiger partial charge in [-0.25, -0.2) is 8.42 Å². The molecule has 0 aromatic heterocycles. The lowest BCUT2D eigenvalue weighted by Gasteiger charge is -2.12. The summed E-state index contributed by atoms with van der Waals surface area (Å²) in [5, 5.41) is 0. The normalized spacial score (nSPS) is 13.7. The van der Waals surface area contributed by atoms with Crippen molar-refractivity contribution in [3.63, 3.8) is 0 Å². The summed E-state index contributed by atoms with van der Waals surface area (Å²) in [4.78, 5) is 0.289. The predicted molar refractivity (Wildman–Crippen MR) is 63.0 cm³/mol. The third kappa shape index (κ3) is 3.59. The molecule has 2 N–H and O–H groups in total. The molecule has 1 unspecified atom stereocenters. The highest BCUT2D eigenvalue weighted by Crippen LogP contribution is 2.16. The maximum atomic E-state index is 11.3. The molecule has 1 aromatic rings. The van der Waals surface area contributed by atoms with Gasteiger partial charge in [0.15, 0.2) is 9.84 Å². The Morgan fingerprint density at radius 1 is 1.44 bits per heavy atom. The molecule has 1 aromatic carbocycles. The molecule has 16 heavy (non-hydrogen) atoms. The summed E-state index contributed by atoms with van der Waals surface area (Å²) in [6.07, 6.45) is 1.18. The van der Waals surface area contributed by atoms with Crippen molar-refractivity contribution in [3.05, 3.63) is 29.8 Å². The van der Waals surface area contributed by atoms with Gasteiger partial charge in [-0.2, -0.15) is 0 Å². The van der Waals surface area contributed by atoms with E-state index in [2.05, 4.69) is 0 Å². The zero-order valence-electron chi connectivity index (χ0n) is 9.51. The van der Waals surface area contributed by atoms with E-state index in [1.54, 1.807) is 24.3 Å². The Balaban J connectivity index is 2.90. The molecule has 0 aliphatic heterocycles. The zero-order valence-corrected chi connectivity index (χ0v) is 10.3. The zero-order chi connectivity index (χ0) is 12.2. The van der Waals surface area contributed by atoms with Crippen LogP contribution in [0.4, 0.5) is 0 Å². The highest BCUT2D eigenvalue weighted by molar-refractivity contribution is 7.90. The molecular weight excluding hydrogens is 226 g/mol.